The first-order valence-corrected chi connectivity index (χ1v) is 8.06. The van der Waals surface area contributed by atoms with Crippen molar-refractivity contribution in [3.63, 3.8) is 0 Å². The first kappa shape index (κ1) is 13.9. The van der Waals surface area contributed by atoms with Gasteiger partial charge in [0.15, 0.2) is 0 Å². The van der Waals surface area contributed by atoms with Gasteiger partial charge in [-0.3, -0.25) is 0 Å². The topological polar surface area (TPSA) is 9.23 Å². The molecule has 3 unspecified atom stereocenters. The van der Waals surface area contributed by atoms with E-state index in [0.717, 1.165) is 16.7 Å². The first-order chi connectivity index (χ1) is 7.80. The molecule has 0 aromatic carbocycles. The van der Waals surface area contributed by atoms with E-state index in [1.165, 1.54) is 38.5 Å². The van der Waals surface area contributed by atoms with Crippen LogP contribution in [0.4, 0.5) is 0 Å². The smallest absolute Gasteiger partial charge is 0.0665 e. The molecule has 1 aliphatic carbocycles. The van der Waals surface area contributed by atoms with Crippen molar-refractivity contribution in [2.45, 2.75) is 82.2 Å². The number of alkyl halides is 1. The van der Waals surface area contributed by atoms with Gasteiger partial charge in [-0.15, -0.1) is 0 Å². The fourth-order valence-electron chi connectivity index (χ4n) is 4.04. The SMILES string of the molecule is CC1(C)CC(C2CCCCC(Br)C2)C(C)(C)O1. The Morgan fingerprint density at radius 1 is 1.06 bits per heavy atom. The second-order valence-corrected chi connectivity index (χ2v) is 8.45. The van der Waals surface area contributed by atoms with Crippen molar-refractivity contribution in [1.29, 1.82) is 0 Å². The summed E-state index contributed by atoms with van der Waals surface area (Å²) in [6.07, 6.45) is 8.12. The van der Waals surface area contributed by atoms with Gasteiger partial charge in [-0.05, 0) is 58.8 Å². The molecule has 0 spiro atoms. The van der Waals surface area contributed by atoms with Crippen molar-refractivity contribution < 1.29 is 4.74 Å². The van der Waals surface area contributed by atoms with Gasteiger partial charge < -0.3 is 4.74 Å². The number of hydrogen-bond acceptors (Lipinski definition) is 1. The summed E-state index contributed by atoms with van der Waals surface area (Å²) in [5, 5.41) is 0. The summed E-state index contributed by atoms with van der Waals surface area (Å²) in [7, 11) is 0. The normalized spacial score (nSPS) is 41.1. The first-order valence-electron chi connectivity index (χ1n) is 7.14. The third-order valence-electron chi connectivity index (χ3n) is 4.61. The molecule has 0 radical (unpaired) electrons. The fourth-order valence-corrected chi connectivity index (χ4v) is 4.85. The Balaban J connectivity index is 2.10. The van der Waals surface area contributed by atoms with Gasteiger partial charge in [-0.2, -0.15) is 0 Å². The molecule has 2 fully saturated rings. The van der Waals surface area contributed by atoms with E-state index in [9.17, 15) is 0 Å². The van der Waals surface area contributed by atoms with Crippen LogP contribution in [0.3, 0.4) is 0 Å². The molecule has 17 heavy (non-hydrogen) atoms. The molecule has 0 bridgehead atoms. The molecule has 1 heterocycles. The minimum Gasteiger partial charge on any atom is -0.369 e. The molecule has 0 aromatic heterocycles. The average molecular weight is 303 g/mol. The Kier molecular flexibility index (Phi) is 3.95. The summed E-state index contributed by atoms with van der Waals surface area (Å²) < 4.78 is 6.26. The molecule has 1 saturated heterocycles. The van der Waals surface area contributed by atoms with Gasteiger partial charge >= 0.3 is 0 Å². The highest BCUT2D eigenvalue weighted by molar-refractivity contribution is 9.09. The lowest BCUT2D eigenvalue weighted by molar-refractivity contribution is -0.0805. The average Bonchev–Trinajstić information content (AvgIpc) is 2.36. The summed E-state index contributed by atoms with van der Waals surface area (Å²) in [5.41, 5.74) is 0.132. The quantitative estimate of drug-likeness (QED) is 0.493. The van der Waals surface area contributed by atoms with E-state index in [2.05, 4.69) is 43.6 Å². The lowest BCUT2D eigenvalue weighted by atomic mass is 9.74. The molecule has 0 N–H and O–H groups in total. The van der Waals surface area contributed by atoms with Crippen LogP contribution in [0.5, 0.6) is 0 Å². The minimum absolute atomic E-state index is 0.0607. The van der Waals surface area contributed by atoms with E-state index in [-0.39, 0.29) is 11.2 Å². The second-order valence-electron chi connectivity index (χ2n) is 7.15. The molecule has 2 heteroatoms. The van der Waals surface area contributed by atoms with E-state index < -0.39 is 0 Å². The highest BCUT2D eigenvalue weighted by Gasteiger charge is 2.48. The maximum atomic E-state index is 6.26. The highest BCUT2D eigenvalue weighted by Crippen LogP contribution is 2.49. The molecule has 0 aromatic rings. The Hall–Kier alpha value is 0.440. The number of rotatable bonds is 1. The van der Waals surface area contributed by atoms with E-state index in [1.54, 1.807) is 0 Å². The molecule has 2 aliphatic rings. The largest absolute Gasteiger partial charge is 0.369 e. The van der Waals surface area contributed by atoms with Crippen LogP contribution >= 0.6 is 15.9 Å². The lowest BCUT2D eigenvalue weighted by Gasteiger charge is -2.33. The van der Waals surface area contributed by atoms with Gasteiger partial charge in [0, 0.05) is 4.83 Å². The fraction of sp³-hybridized carbons (Fsp3) is 1.00. The van der Waals surface area contributed by atoms with Crippen molar-refractivity contribution in [1.82, 2.24) is 0 Å². The van der Waals surface area contributed by atoms with Crippen LogP contribution in [0.15, 0.2) is 0 Å². The zero-order chi connectivity index (χ0) is 12.7. The lowest BCUT2D eigenvalue weighted by Crippen LogP contribution is -2.34. The molecule has 1 aliphatic heterocycles. The van der Waals surface area contributed by atoms with Crippen molar-refractivity contribution in [2.75, 3.05) is 0 Å². The van der Waals surface area contributed by atoms with E-state index in [1.807, 2.05) is 0 Å². The van der Waals surface area contributed by atoms with Crippen LogP contribution in [0.1, 0.15) is 66.2 Å². The molecular weight excluding hydrogens is 276 g/mol. The van der Waals surface area contributed by atoms with Gasteiger partial charge in [-0.1, -0.05) is 35.2 Å². The number of halogens is 1. The predicted molar refractivity (Wildman–Crippen MR) is 76.6 cm³/mol. The standard InChI is InChI=1S/C15H27BrO/c1-14(2)10-13(15(3,4)17-14)11-7-5-6-8-12(16)9-11/h11-13H,5-10H2,1-4H3. The summed E-state index contributed by atoms with van der Waals surface area (Å²) in [6.45, 7) is 9.08. The molecule has 0 amide bonds. The van der Waals surface area contributed by atoms with Gasteiger partial charge in [0.05, 0.1) is 11.2 Å². The predicted octanol–water partition coefficient (Wildman–Crippen LogP) is 4.92. The zero-order valence-corrected chi connectivity index (χ0v) is 13.3. The van der Waals surface area contributed by atoms with Crippen molar-refractivity contribution in [3.05, 3.63) is 0 Å². The van der Waals surface area contributed by atoms with Gasteiger partial charge in [0.1, 0.15) is 0 Å². The van der Waals surface area contributed by atoms with E-state index >= 15 is 0 Å². The third kappa shape index (κ3) is 3.26. The Morgan fingerprint density at radius 2 is 1.71 bits per heavy atom. The van der Waals surface area contributed by atoms with Crippen LogP contribution in [0, 0.1) is 11.8 Å². The van der Waals surface area contributed by atoms with Crippen molar-refractivity contribution in [3.8, 4) is 0 Å². The van der Waals surface area contributed by atoms with E-state index in [0.29, 0.717) is 0 Å². The Bertz CT molecular complexity index is 272. The summed E-state index contributed by atoms with van der Waals surface area (Å²) in [5.74, 6) is 1.58. The van der Waals surface area contributed by atoms with Crippen LogP contribution < -0.4 is 0 Å². The van der Waals surface area contributed by atoms with Crippen LogP contribution in [-0.2, 0) is 4.74 Å². The van der Waals surface area contributed by atoms with Crippen LogP contribution in [0.2, 0.25) is 0 Å². The second kappa shape index (κ2) is 4.85. The van der Waals surface area contributed by atoms with Crippen molar-refractivity contribution >= 4 is 15.9 Å². The van der Waals surface area contributed by atoms with Gasteiger partial charge in [0.25, 0.3) is 0 Å². The highest BCUT2D eigenvalue weighted by atomic mass is 79.9. The molecule has 2 rings (SSSR count). The van der Waals surface area contributed by atoms with Crippen LogP contribution in [-0.4, -0.2) is 16.0 Å². The summed E-state index contributed by atoms with van der Waals surface area (Å²) >= 11 is 3.85. The van der Waals surface area contributed by atoms with Gasteiger partial charge in [0.2, 0.25) is 0 Å². The maximum absolute atomic E-state index is 6.26. The molecule has 3 atom stereocenters. The van der Waals surface area contributed by atoms with Gasteiger partial charge in [-0.25, -0.2) is 0 Å². The van der Waals surface area contributed by atoms with Crippen molar-refractivity contribution in [2.24, 2.45) is 11.8 Å². The molecular formula is C15H27BrO. The Labute approximate surface area is 115 Å². The Morgan fingerprint density at radius 3 is 2.29 bits per heavy atom. The summed E-state index contributed by atoms with van der Waals surface area (Å²) in [6, 6.07) is 0. The maximum Gasteiger partial charge on any atom is 0.0665 e. The zero-order valence-electron chi connectivity index (χ0n) is 11.8. The monoisotopic (exact) mass is 302 g/mol. The van der Waals surface area contributed by atoms with Crippen LogP contribution in [0.25, 0.3) is 0 Å². The number of hydrogen-bond donors (Lipinski definition) is 0. The number of ether oxygens (including phenoxy) is 1. The minimum atomic E-state index is 0.0607. The third-order valence-corrected chi connectivity index (χ3v) is 5.45. The van der Waals surface area contributed by atoms with E-state index in [4.69, 9.17) is 4.74 Å². The molecule has 100 valence electrons. The molecule has 1 saturated carbocycles. The molecule has 1 nitrogen and oxygen atoms in total. The summed E-state index contributed by atoms with van der Waals surface area (Å²) in [4.78, 5) is 0.731.